The predicted molar refractivity (Wildman–Crippen MR) is 69.9 cm³/mol. The maximum atomic E-state index is 6.05. The highest BCUT2D eigenvalue weighted by Gasteiger charge is 2.09. The summed E-state index contributed by atoms with van der Waals surface area (Å²) in [4.78, 5) is 4.32. The molecule has 0 bridgehead atoms. The summed E-state index contributed by atoms with van der Waals surface area (Å²) in [5, 5.41) is 4.97. The summed E-state index contributed by atoms with van der Waals surface area (Å²) in [5.74, 6) is 0.351. The third-order valence-corrected chi connectivity index (χ3v) is 2.84. The first kappa shape index (κ1) is 12.1. The number of hydrogen-bond acceptors (Lipinski definition) is 2. The Morgan fingerprint density at radius 1 is 1.18 bits per heavy atom. The van der Waals surface area contributed by atoms with Gasteiger partial charge >= 0.3 is 0 Å². The van der Waals surface area contributed by atoms with Crippen molar-refractivity contribution in [1.29, 1.82) is 0 Å². The van der Waals surface area contributed by atoms with Crippen molar-refractivity contribution in [3.63, 3.8) is 0 Å². The average Bonchev–Trinajstić information content (AvgIpc) is 2.57. The molecule has 4 heteroatoms. The van der Waals surface area contributed by atoms with Crippen LogP contribution in [0, 0.1) is 13.8 Å². The molecule has 2 aromatic heterocycles. The van der Waals surface area contributed by atoms with Gasteiger partial charge in [0, 0.05) is 17.5 Å². The zero-order valence-electron chi connectivity index (χ0n) is 10.5. The zero-order valence-corrected chi connectivity index (χ0v) is 11.3. The second kappa shape index (κ2) is 4.49. The fraction of sp³-hybridized carbons (Fsp3) is 0.385. The van der Waals surface area contributed by atoms with Crippen LogP contribution in [0.1, 0.15) is 36.8 Å². The lowest BCUT2D eigenvalue weighted by Gasteiger charge is -2.09. The Balaban J connectivity index is 2.55. The van der Waals surface area contributed by atoms with Gasteiger partial charge in [-0.25, -0.2) is 9.67 Å². The number of nitrogens with zero attached hydrogens (tertiary/aromatic N) is 3. The van der Waals surface area contributed by atoms with Gasteiger partial charge < -0.3 is 0 Å². The molecule has 0 radical (unpaired) electrons. The molecule has 90 valence electrons. The van der Waals surface area contributed by atoms with Crippen molar-refractivity contribution >= 4 is 11.6 Å². The summed E-state index contributed by atoms with van der Waals surface area (Å²) in [6.45, 7) is 8.21. The summed E-state index contributed by atoms with van der Waals surface area (Å²) in [6, 6.07) is 5.92. The number of halogens is 1. The highest BCUT2D eigenvalue weighted by atomic mass is 35.5. The summed E-state index contributed by atoms with van der Waals surface area (Å²) < 4.78 is 1.90. The maximum Gasteiger partial charge on any atom is 0.131 e. The van der Waals surface area contributed by atoms with Crippen LogP contribution in [0.3, 0.4) is 0 Å². The molecule has 3 nitrogen and oxygen atoms in total. The molecule has 0 aromatic carbocycles. The van der Waals surface area contributed by atoms with Crippen molar-refractivity contribution < 1.29 is 0 Å². The van der Waals surface area contributed by atoms with Crippen molar-refractivity contribution in [3.8, 4) is 5.69 Å². The Kier molecular flexibility index (Phi) is 3.20. The Morgan fingerprint density at radius 2 is 1.88 bits per heavy atom. The van der Waals surface area contributed by atoms with Crippen LogP contribution in [-0.4, -0.2) is 14.8 Å². The molecule has 0 aliphatic rings. The second-order valence-corrected chi connectivity index (χ2v) is 4.95. The summed E-state index contributed by atoms with van der Waals surface area (Å²) in [5.41, 5.74) is 4.06. The minimum absolute atomic E-state index is 0.351. The third kappa shape index (κ3) is 2.50. The summed E-state index contributed by atoms with van der Waals surface area (Å²) >= 11 is 6.05. The van der Waals surface area contributed by atoms with Crippen molar-refractivity contribution in [2.45, 2.75) is 33.6 Å². The molecule has 0 saturated heterocycles. The molecule has 2 heterocycles. The Bertz CT molecular complexity index is 544. The van der Waals surface area contributed by atoms with Crippen molar-refractivity contribution in [1.82, 2.24) is 14.8 Å². The van der Waals surface area contributed by atoms with E-state index >= 15 is 0 Å². The molecule has 0 fully saturated rings. The molecule has 17 heavy (non-hydrogen) atoms. The first-order valence-electron chi connectivity index (χ1n) is 5.68. The molecule has 0 unspecified atom stereocenters. The van der Waals surface area contributed by atoms with E-state index in [1.165, 1.54) is 0 Å². The molecule has 0 aliphatic heterocycles. The fourth-order valence-electron chi connectivity index (χ4n) is 1.81. The van der Waals surface area contributed by atoms with Crippen LogP contribution in [0.25, 0.3) is 5.69 Å². The Labute approximate surface area is 106 Å². The first-order valence-corrected chi connectivity index (χ1v) is 6.06. The molecule has 2 aromatic rings. The number of aryl methyl sites for hydroxylation is 2. The van der Waals surface area contributed by atoms with Gasteiger partial charge in [-0.15, -0.1) is 0 Å². The molecular weight excluding hydrogens is 234 g/mol. The predicted octanol–water partition coefficient (Wildman–Crippen LogP) is 3.66. The fourth-order valence-corrected chi connectivity index (χ4v) is 2.02. The minimum atomic E-state index is 0.351. The molecule has 0 aliphatic carbocycles. The normalized spacial score (nSPS) is 11.2. The van der Waals surface area contributed by atoms with Gasteiger partial charge in [0.2, 0.25) is 0 Å². The summed E-state index contributed by atoms with van der Waals surface area (Å²) in [6.07, 6.45) is 0. The van der Waals surface area contributed by atoms with E-state index in [1.54, 1.807) is 0 Å². The van der Waals surface area contributed by atoms with Crippen LogP contribution in [0.5, 0.6) is 0 Å². The van der Waals surface area contributed by atoms with E-state index in [0.717, 1.165) is 22.8 Å². The molecule has 0 saturated carbocycles. The van der Waals surface area contributed by atoms with Gasteiger partial charge in [-0.3, -0.25) is 0 Å². The quantitative estimate of drug-likeness (QED) is 0.761. The first-order chi connectivity index (χ1) is 7.97. The number of hydrogen-bond donors (Lipinski definition) is 0. The van der Waals surface area contributed by atoms with Crippen LogP contribution < -0.4 is 0 Å². The van der Waals surface area contributed by atoms with E-state index in [2.05, 4.69) is 23.9 Å². The maximum absolute atomic E-state index is 6.05. The van der Waals surface area contributed by atoms with Gasteiger partial charge in [-0.1, -0.05) is 25.4 Å². The van der Waals surface area contributed by atoms with Crippen LogP contribution >= 0.6 is 11.6 Å². The van der Waals surface area contributed by atoms with Crippen LogP contribution in [0.15, 0.2) is 18.2 Å². The SMILES string of the molecule is Cc1cc(C)n(-c2cc(Cl)nc(C(C)C)c2)n1. The van der Waals surface area contributed by atoms with E-state index in [4.69, 9.17) is 11.6 Å². The van der Waals surface area contributed by atoms with E-state index in [0.29, 0.717) is 11.1 Å². The highest BCUT2D eigenvalue weighted by molar-refractivity contribution is 6.29. The van der Waals surface area contributed by atoms with Crippen LogP contribution in [-0.2, 0) is 0 Å². The van der Waals surface area contributed by atoms with Crippen LogP contribution in [0.4, 0.5) is 0 Å². The van der Waals surface area contributed by atoms with Crippen molar-refractivity contribution in [2.75, 3.05) is 0 Å². The largest absolute Gasteiger partial charge is 0.241 e. The summed E-state index contributed by atoms with van der Waals surface area (Å²) in [7, 11) is 0. The zero-order chi connectivity index (χ0) is 12.6. The Morgan fingerprint density at radius 3 is 2.41 bits per heavy atom. The Hall–Kier alpha value is -1.35. The van der Waals surface area contributed by atoms with E-state index < -0.39 is 0 Å². The van der Waals surface area contributed by atoms with E-state index in [1.807, 2.05) is 36.7 Å². The lowest BCUT2D eigenvalue weighted by atomic mass is 10.1. The molecule has 0 N–H and O–H groups in total. The topological polar surface area (TPSA) is 30.7 Å². The van der Waals surface area contributed by atoms with Crippen molar-refractivity contribution in [2.24, 2.45) is 0 Å². The minimum Gasteiger partial charge on any atom is -0.241 e. The molecule has 2 rings (SSSR count). The van der Waals surface area contributed by atoms with Gasteiger partial charge in [0.1, 0.15) is 5.15 Å². The number of aromatic nitrogens is 3. The van der Waals surface area contributed by atoms with Gasteiger partial charge in [0.15, 0.2) is 0 Å². The van der Waals surface area contributed by atoms with Gasteiger partial charge in [-0.05, 0) is 31.9 Å². The smallest absolute Gasteiger partial charge is 0.131 e. The lowest BCUT2D eigenvalue weighted by Crippen LogP contribution is -2.02. The van der Waals surface area contributed by atoms with E-state index in [-0.39, 0.29) is 0 Å². The van der Waals surface area contributed by atoms with Gasteiger partial charge in [0.25, 0.3) is 0 Å². The number of rotatable bonds is 2. The average molecular weight is 250 g/mol. The highest BCUT2D eigenvalue weighted by Crippen LogP contribution is 2.21. The molecule has 0 spiro atoms. The van der Waals surface area contributed by atoms with Gasteiger partial charge in [-0.2, -0.15) is 5.10 Å². The lowest BCUT2D eigenvalue weighted by molar-refractivity contribution is 0.796. The standard InChI is InChI=1S/C13H16ClN3/c1-8(2)12-6-11(7-13(14)15-12)17-10(4)5-9(3)16-17/h5-8H,1-4H3. The second-order valence-electron chi connectivity index (χ2n) is 4.57. The van der Waals surface area contributed by atoms with Crippen LogP contribution in [0.2, 0.25) is 5.15 Å². The number of pyridine rings is 1. The monoisotopic (exact) mass is 249 g/mol. The van der Waals surface area contributed by atoms with Gasteiger partial charge in [0.05, 0.1) is 11.4 Å². The van der Waals surface area contributed by atoms with E-state index in [9.17, 15) is 0 Å². The molecule has 0 amide bonds. The molecular formula is C13H16ClN3. The van der Waals surface area contributed by atoms with Crippen molar-refractivity contribution in [3.05, 3.63) is 40.4 Å². The third-order valence-electron chi connectivity index (χ3n) is 2.64. The molecule has 0 atom stereocenters.